The summed E-state index contributed by atoms with van der Waals surface area (Å²) >= 11 is 0. The fourth-order valence-electron chi connectivity index (χ4n) is 1.76. The molecule has 0 aliphatic heterocycles. The van der Waals surface area contributed by atoms with E-state index in [1.165, 1.54) is 30.5 Å². The number of nitrogens with one attached hydrogen (secondary N) is 1. The molecule has 20 heavy (non-hydrogen) atoms. The average Bonchev–Trinajstić information content (AvgIpc) is 2.34. The highest BCUT2D eigenvalue weighted by Gasteiger charge is 2.30. The Morgan fingerprint density at radius 2 is 1.75 bits per heavy atom. The first-order valence-corrected chi connectivity index (χ1v) is 5.65. The van der Waals surface area contributed by atoms with E-state index in [0.29, 0.717) is 16.7 Å². The van der Waals surface area contributed by atoms with Gasteiger partial charge < -0.3 is 10.6 Å². The number of alkyl halides is 3. The number of nitrogens with two attached hydrogens (primary N) is 1. The number of aromatic nitrogens is 1. The molecule has 7 heteroatoms. The van der Waals surface area contributed by atoms with E-state index < -0.39 is 6.36 Å². The summed E-state index contributed by atoms with van der Waals surface area (Å²) in [7, 11) is 0. The summed E-state index contributed by atoms with van der Waals surface area (Å²) in [6, 6.07) is 7.20. The Morgan fingerprint density at radius 3 is 2.25 bits per heavy atom. The molecule has 0 unspecified atom stereocenters. The molecule has 0 bridgehead atoms. The number of hydrogen-bond acceptors (Lipinski definition) is 3. The third-order valence-electron chi connectivity index (χ3n) is 2.70. The van der Waals surface area contributed by atoms with E-state index in [4.69, 9.17) is 11.3 Å². The SMILES string of the molecule is Cc1cc(-c2ccc(OC(F)(F)F)cc2)cn(N)c1=N. The summed E-state index contributed by atoms with van der Waals surface area (Å²) < 4.78 is 41.1. The molecule has 3 N–H and O–H groups in total. The van der Waals surface area contributed by atoms with Crippen molar-refractivity contribution < 1.29 is 17.9 Å². The Balaban J connectivity index is 2.33. The second-order valence-corrected chi connectivity index (χ2v) is 4.24. The number of rotatable bonds is 2. The highest BCUT2D eigenvalue weighted by molar-refractivity contribution is 5.63. The monoisotopic (exact) mass is 283 g/mol. The molecule has 0 aliphatic carbocycles. The van der Waals surface area contributed by atoms with E-state index in [9.17, 15) is 13.2 Å². The van der Waals surface area contributed by atoms with Gasteiger partial charge in [-0.05, 0) is 36.2 Å². The lowest BCUT2D eigenvalue weighted by molar-refractivity contribution is -0.274. The molecule has 0 fully saturated rings. The minimum atomic E-state index is -4.70. The zero-order valence-corrected chi connectivity index (χ0v) is 10.5. The van der Waals surface area contributed by atoms with Gasteiger partial charge in [-0.3, -0.25) is 10.1 Å². The maximum Gasteiger partial charge on any atom is 0.573 e. The van der Waals surface area contributed by atoms with Crippen molar-refractivity contribution in [1.29, 1.82) is 5.41 Å². The minimum Gasteiger partial charge on any atom is -0.406 e. The summed E-state index contributed by atoms with van der Waals surface area (Å²) in [4.78, 5) is 0. The zero-order chi connectivity index (χ0) is 14.9. The molecule has 2 rings (SSSR count). The van der Waals surface area contributed by atoms with Crippen molar-refractivity contribution in [2.45, 2.75) is 13.3 Å². The molecule has 0 atom stereocenters. The maximum atomic E-state index is 12.1. The number of hydrogen-bond donors (Lipinski definition) is 2. The minimum absolute atomic E-state index is 0.172. The molecule has 4 nitrogen and oxygen atoms in total. The van der Waals surface area contributed by atoms with Crippen molar-refractivity contribution in [3.63, 3.8) is 0 Å². The van der Waals surface area contributed by atoms with E-state index in [2.05, 4.69) is 4.74 Å². The van der Waals surface area contributed by atoms with Gasteiger partial charge in [-0.1, -0.05) is 12.1 Å². The lowest BCUT2D eigenvalue weighted by Crippen LogP contribution is -2.28. The molecule has 0 saturated carbocycles. The average molecular weight is 283 g/mol. The van der Waals surface area contributed by atoms with Gasteiger partial charge in [-0.15, -0.1) is 13.2 Å². The van der Waals surface area contributed by atoms with Gasteiger partial charge in [-0.25, -0.2) is 0 Å². The zero-order valence-electron chi connectivity index (χ0n) is 10.5. The summed E-state index contributed by atoms with van der Waals surface area (Å²) in [5.41, 5.74) is 2.23. The van der Waals surface area contributed by atoms with Crippen LogP contribution in [0.1, 0.15) is 5.56 Å². The number of aryl methyl sites for hydroxylation is 1. The molecule has 1 aromatic heterocycles. The summed E-state index contributed by atoms with van der Waals surface area (Å²) in [6.45, 7) is 1.73. The van der Waals surface area contributed by atoms with E-state index in [1.807, 2.05) is 0 Å². The van der Waals surface area contributed by atoms with Crippen molar-refractivity contribution in [1.82, 2.24) is 4.68 Å². The second-order valence-electron chi connectivity index (χ2n) is 4.24. The van der Waals surface area contributed by atoms with E-state index in [1.54, 1.807) is 13.0 Å². The normalized spacial score (nSPS) is 11.4. The molecule has 0 saturated heterocycles. The smallest absolute Gasteiger partial charge is 0.406 e. The molecule has 0 spiro atoms. The van der Waals surface area contributed by atoms with Gasteiger partial charge in [0, 0.05) is 11.8 Å². The highest BCUT2D eigenvalue weighted by Crippen LogP contribution is 2.26. The Morgan fingerprint density at radius 1 is 1.15 bits per heavy atom. The molecule has 1 aromatic carbocycles. The van der Waals surface area contributed by atoms with Crippen LogP contribution in [0, 0.1) is 12.3 Å². The first-order valence-electron chi connectivity index (χ1n) is 5.65. The molecule has 0 amide bonds. The van der Waals surface area contributed by atoms with Crippen molar-refractivity contribution in [2.75, 3.05) is 5.84 Å². The third kappa shape index (κ3) is 3.11. The predicted molar refractivity (Wildman–Crippen MR) is 67.3 cm³/mol. The number of benzene rings is 1. The molecule has 1 heterocycles. The number of pyridine rings is 1. The lowest BCUT2D eigenvalue weighted by Gasteiger charge is -2.10. The van der Waals surface area contributed by atoms with Crippen LogP contribution in [0.15, 0.2) is 36.5 Å². The molecule has 2 aromatic rings. The third-order valence-corrected chi connectivity index (χ3v) is 2.70. The topological polar surface area (TPSA) is 64.0 Å². The van der Waals surface area contributed by atoms with Gasteiger partial charge in [0.05, 0.1) is 0 Å². The number of ether oxygens (including phenoxy) is 1. The van der Waals surface area contributed by atoms with Crippen LogP contribution in [0.5, 0.6) is 5.75 Å². The number of nitrogen functional groups attached to an aromatic ring is 1. The molecule has 0 aliphatic rings. The largest absolute Gasteiger partial charge is 0.573 e. The first-order chi connectivity index (χ1) is 9.26. The van der Waals surface area contributed by atoms with Gasteiger partial charge in [0.2, 0.25) is 0 Å². The fourth-order valence-corrected chi connectivity index (χ4v) is 1.76. The van der Waals surface area contributed by atoms with E-state index in [-0.39, 0.29) is 11.2 Å². The number of nitrogens with zero attached hydrogens (tertiary/aromatic N) is 1. The van der Waals surface area contributed by atoms with Crippen LogP contribution in [0.25, 0.3) is 11.1 Å². The summed E-state index contributed by atoms with van der Waals surface area (Å²) in [5, 5.41) is 7.63. The van der Waals surface area contributed by atoms with Gasteiger partial charge in [0.15, 0.2) is 0 Å². The van der Waals surface area contributed by atoms with Gasteiger partial charge in [0.1, 0.15) is 11.2 Å². The van der Waals surface area contributed by atoms with Crippen molar-refractivity contribution in [3.8, 4) is 16.9 Å². The lowest BCUT2D eigenvalue weighted by atomic mass is 10.1. The van der Waals surface area contributed by atoms with Gasteiger partial charge in [0.25, 0.3) is 0 Å². The van der Waals surface area contributed by atoms with Gasteiger partial charge in [-0.2, -0.15) is 0 Å². The van der Waals surface area contributed by atoms with Crippen molar-refractivity contribution in [3.05, 3.63) is 47.6 Å². The highest BCUT2D eigenvalue weighted by atomic mass is 19.4. The number of halogens is 3. The van der Waals surface area contributed by atoms with Crippen LogP contribution in [0.4, 0.5) is 13.2 Å². The van der Waals surface area contributed by atoms with Crippen LogP contribution in [0.3, 0.4) is 0 Å². The first kappa shape index (κ1) is 14.0. The van der Waals surface area contributed by atoms with Gasteiger partial charge >= 0.3 is 6.36 Å². The fraction of sp³-hybridized carbons (Fsp3) is 0.154. The summed E-state index contributed by atoms with van der Waals surface area (Å²) in [5.74, 6) is 5.35. The standard InChI is InChI=1S/C13H12F3N3O/c1-8-6-10(7-19(18)12(8)17)9-2-4-11(5-3-9)20-13(14,15)16/h2-7,17H,18H2,1H3. The van der Waals surface area contributed by atoms with Crippen LogP contribution in [-0.4, -0.2) is 11.0 Å². The van der Waals surface area contributed by atoms with E-state index >= 15 is 0 Å². The predicted octanol–water partition coefficient (Wildman–Crippen LogP) is 2.56. The van der Waals surface area contributed by atoms with Crippen molar-refractivity contribution in [2.24, 2.45) is 0 Å². The molecular formula is C13H12F3N3O. The second kappa shape index (κ2) is 4.92. The van der Waals surface area contributed by atoms with E-state index in [0.717, 1.165) is 4.68 Å². The van der Waals surface area contributed by atoms with Crippen LogP contribution in [0.2, 0.25) is 0 Å². The Kier molecular flexibility index (Phi) is 3.44. The van der Waals surface area contributed by atoms with Crippen molar-refractivity contribution >= 4 is 0 Å². The molecule has 0 radical (unpaired) electrons. The molecular weight excluding hydrogens is 271 g/mol. The Labute approximate surface area is 112 Å². The van der Waals surface area contributed by atoms with Crippen LogP contribution < -0.4 is 16.1 Å². The quantitative estimate of drug-likeness (QED) is 0.832. The Bertz CT molecular complexity index is 648. The molecule has 106 valence electrons. The summed E-state index contributed by atoms with van der Waals surface area (Å²) in [6.07, 6.45) is -3.17. The van der Waals surface area contributed by atoms with Crippen LogP contribution in [-0.2, 0) is 0 Å². The Hall–Kier alpha value is -2.44. The van der Waals surface area contributed by atoms with Crippen LogP contribution >= 0.6 is 0 Å². The maximum absolute atomic E-state index is 12.1.